The van der Waals surface area contributed by atoms with Gasteiger partial charge in [-0.05, 0) is 36.8 Å². The number of imidazole rings is 1. The first kappa shape index (κ1) is 24.7. The molecular formula is C25H18B3F2N5O2. The van der Waals surface area contributed by atoms with Gasteiger partial charge < -0.3 is 9.64 Å². The summed E-state index contributed by atoms with van der Waals surface area (Å²) in [5, 5.41) is 2.05. The van der Waals surface area contributed by atoms with E-state index in [1.54, 1.807) is 46.9 Å². The third-order valence-corrected chi connectivity index (χ3v) is 6.04. The Balaban J connectivity index is 1.81. The van der Waals surface area contributed by atoms with Crippen molar-refractivity contribution in [2.75, 3.05) is 0 Å². The van der Waals surface area contributed by atoms with Gasteiger partial charge in [-0.2, -0.15) is 13.9 Å². The number of para-hydroxylation sites is 1. The number of aryl methyl sites for hydroxylation is 1. The van der Waals surface area contributed by atoms with Crippen LogP contribution in [0.4, 0.5) is 8.78 Å². The van der Waals surface area contributed by atoms with Gasteiger partial charge in [-0.15, -0.1) is 0 Å². The first-order valence-corrected chi connectivity index (χ1v) is 11.4. The molecule has 1 atom stereocenters. The molecule has 0 N–H and O–H groups in total. The zero-order valence-corrected chi connectivity index (χ0v) is 20.0. The molecule has 1 aliphatic rings. The molecule has 0 spiro atoms. The van der Waals surface area contributed by atoms with Gasteiger partial charge in [0.1, 0.15) is 11.5 Å². The van der Waals surface area contributed by atoms with Crippen LogP contribution in [0, 0.1) is 11.8 Å². The molecule has 0 saturated carbocycles. The molecular weight excluding hydrogens is 473 g/mol. The number of amides is 1. The van der Waals surface area contributed by atoms with Gasteiger partial charge in [0.15, 0.2) is 5.75 Å². The fourth-order valence-corrected chi connectivity index (χ4v) is 4.57. The molecule has 0 bridgehead atoms. The second kappa shape index (κ2) is 9.14. The number of alkyl halides is 2. The average Bonchev–Trinajstić information content (AvgIpc) is 3.39. The minimum absolute atomic E-state index is 0.0345. The molecule has 37 heavy (non-hydrogen) atoms. The quantitative estimate of drug-likeness (QED) is 0.326. The molecule has 1 unspecified atom stereocenters. The van der Waals surface area contributed by atoms with Crippen LogP contribution < -0.4 is 4.74 Å². The first-order chi connectivity index (χ1) is 17.6. The minimum atomic E-state index is -3.13. The Morgan fingerprint density at radius 2 is 1.92 bits per heavy atom. The Bertz CT molecular complexity index is 1580. The van der Waals surface area contributed by atoms with Crippen molar-refractivity contribution in [2.45, 2.75) is 31.2 Å². The molecule has 6 radical (unpaired) electrons. The van der Waals surface area contributed by atoms with Gasteiger partial charge in [0.05, 0.1) is 57.9 Å². The van der Waals surface area contributed by atoms with Crippen LogP contribution in [-0.4, -0.2) is 65.5 Å². The molecule has 0 fully saturated rings. The highest BCUT2D eigenvalue weighted by Gasteiger charge is 2.40. The van der Waals surface area contributed by atoms with E-state index in [1.807, 2.05) is 6.92 Å². The van der Waals surface area contributed by atoms with Gasteiger partial charge in [-0.1, -0.05) is 30.1 Å². The smallest absolute Gasteiger partial charge is 0.387 e. The summed E-state index contributed by atoms with van der Waals surface area (Å²) >= 11 is 0. The minimum Gasteiger partial charge on any atom is -0.433 e. The van der Waals surface area contributed by atoms with Gasteiger partial charge >= 0.3 is 6.61 Å². The maximum Gasteiger partial charge on any atom is 0.387 e. The van der Waals surface area contributed by atoms with Crippen molar-refractivity contribution in [3.05, 3.63) is 71.3 Å². The predicted molar refractivity (Wildman–Crippen MR) is 136 cm³/mol. The molecule has 1 amide bonds. The van der Waals surface area contributed by atoms with Gasteiger partial charge in [0, 0.05) is 18.8 Å². The summed E-state index contributed by atoms with van der Waals surface area (Å²) in [6, 6.07) is 8.84. The van der Waals surface area contributed by atoms with Crippen LogP contribution in [0.25, 0.3) is 16.7 Å². The molecule has 1 aliphatic heterocycles. The molecule has 0 saturated heterocycles. The highest BCUT2D eigenvalue weighted by molar-refractivity contribution is 6.60. The maximum atomic E-state index is 13.7. The lowest BCUT2D eigenvalue weighted by atomic mass is 9.48. The summed E-state index contributed by atoms with van der Waals surface area (Å²) in [6.07, 6.45) is 3.77. The normalized spacial score (nSPS) is 15.2. The van der Waals surface area contributed by atoms with Crippen LogP contribution in [0.2, 0.25) is 0 Å². The van der Waals surface area contributed by atoms with E-state index in [-0.39, 0.29) is 17.0 Å². The Morgan fingerprint density at radius 1 is 1.16 bits per heavy atom. The zero-order chi connectivity index (χ0) is 26.5. The summed E-state index contributed by atoms with van der Waals surface area (Å²) in [5.41, 5.74) is 2.57. The van der Waals surface area contributed by atoms with E-state index in [4.69, 9.17) is 33.3 Å². The van der Waals surface area contributed by atoms with Gasteiger partial charge in [-0.25, -0.2) is 4.98 Å². The van der Waals surface area contributed by atoms with Crippen LogP contribution in [-0.2, 0) is 7.05 Å². The molecule has 7 nitrogen and oxygen atoms in total. The van der Waals surface area contributed by atoms with E-state index in [0.29, 0.717) is 28.8 Å². The Hall–Kier alpha value is -4.00. The molecule has 178 valence electrons. The summed E-state index contributed by atoms with van der Waals surface area (Å²) < 4.78 is 34.9. The van der Waals surface area contributed by atoms with Crippen molar-refractivity contribution >= 4 is 40.5 Å². The highest BCUT2D eigenvalue weighted by atomic mass is 19.3. The largest absolute Gasteiger partial charge is 0.433 e. The fraction of sp³-hybridized carbons (Fsp3) is 0.240. The van der Waals surface area contributed by atoms with E-state index in [0.717, 1.165) is 10.5 Å². The fourth-order valence-electron chi connectivity index (χ4n) is 4.57. The number of rotatable bonds is 4. The molecule has 3 heterocycles. The predicted octanol–water partition coefficient (Wildman–Crippen LogP) is 2.78. The number of halogens is 2. The molecule has 12 heteroatoms. The number of carbonyl (C=O) groups excluding carboxylic acids is 1. The number of hydrogen-bond donors (Lipinski definition) is 0. The number of aromatic nitrogens is 4. The van der Waals surface area contributed by atoms with Crippen molar-refractivity contribution in [2.24, 2.45) is 7.05 Å². The van der Waals surface area contributed by atoms with Crippen molar-refractivity contribution < 1.29 is 18.3 Å². The third kappa shape index (κ3) is 4.39. The maximum absolute atomic E-state index is 13.7. The van der Waals surface area contributed by atoms with E-state index >= 15 is 0 Å². The molecule has 2 aromatic carbocycles. The lowest BCUT2D eigenvalue weighted by molar-refractivity contribution is -0.0498. The molecule has 0 aliphatic carbocycles. The molecule has 2 aromatic heterocycles. The summed E-state index contributed by atoms with van der Waals surface area (Å²) in [5.74, 6) is 5.63. The van der Waals surface area contributed by atoms with E-state index in [2.05, 4.69) is 16.9 Å². The number of benzene rings is 2. The van der Waals surface area contributed by atoms with Crippen molar-refractivity contribution in [1.29, 1.82) is 0 Å². The number of fused-ring (bicyclic) bond motifs is 5. The number of carbonyl (C=O) groups is 1. The van der Waals surface area contributed by atoms with Crippen molar-refractivity contribution in [1.82, 2.24) is 24.2 Å². The van der Waals surface area contributed by atoms with Crippen LogP contribution in [0.5, 0.6) is 5.75 Å². The SMILES string of the molecule is [B]C([B])([B])N1C(=O)c2cccc(OC(F)F)c2-n2c(nc3ccc(C#Cc4cnn(C)c4)cc32)C1CC. The second-order valence-corrected chi connectivity index (χ2v) is 8.68. The van der Waals surface area contributed by atoms with Crippen LogP contribution >= 0.6 is 0 Å². The third-order valence-electron chi connectivity index (χ3n) is 6.04. The molecule has 5 rings (SSSR count). The summed E-state index contributed by atoms with van der Waals surface area (Å²) in [6.45, 7) is -1.31. The van der Waals surface area contributed by atoms with E-state index < -0.39 is 23.8 Å². The van der Waals surface area contributed by atoms with Gasteiger partial charge in [0.25, 0.3) is 5.91 Å². The first-order valence-electron chi connectivity index (χ1n) is 11.4. The Kier molecular flexibility index (Phi) is 6.10. The van der Waals surface area contributed by atoms with Crippen molar-refractivity contribution in [3.63, 3.8) is 0 Å². The average molecular weight is 491 g/mol. The standard InChI is InChI=1S/C25H18B3F2N5O2/c1-3-18-22-32-17-10-9-14(7-8-15-12-31-33(2)13-15)11-19(17)34(22)21-16(23(36)35(18)25(26,27)28)5-4-6-20(21)37-24(29)30/h4-6,9-13,18,24H,3H2,1-2H3. The second-order valence-electron chi connectivity index (χ2n) is 8.68. The van der Waals surface area contributed by atoms with Crippen LogP contribution in [0.15, 0.2) is 48.8 Å². The van der Waals surface area contributed by atoms with Gasteiger partial charge in [0.2, 0.25) is 0 Å². The van der Waals surface area contributed by atoms with Gasteiger partial charge in [-0.3, -0.25) is 14.0 Å². The zero-order valence-electron chi connectivity index (χ0n) is 20.0. The lowest BCUT2D eigenvalue weighted by Crippen LogP contribution is -2.54. The van der Waals surface area contributed by atoms with Crippen molar-refractivity contribution in [3.8, 4) is 23.3 Å². The van der Waals surface area contributed by atoms with E-state index in [1.165, 1.54) is 18.2 Å². The molecule has 4 aromatic rings. The number of nitrogens with zero attached hydrogens (tertiary/aromatic N) is 5. The lowest BCUT2D eigenvalue weighted by Gasteiger charge is -2.41. The summed E-state index contributed by atoms with van der Waals surface area (Å²) in [4.78, 5) is 19.6. The Morgan fingerprint density at radius 3 is 2.57 bits per heavy atom. The topological polar surface area (TPSA) is 65.2 Å². The van der Waals surface area contributed by atoms with E-state index in [9.17, 15) is 13.6 Å². The highest BCUT2D eigenvalue weighted by Crippen LogP contribution is 2.41. The monoisotopic (exact) mass is 491 g/mol. The Labute approximate surface area is 216 Å². The summed E-state index contributed by atoms with van der Waals surface area (Å²) in [7, 11) is 19.9. The van der Waals surface area contributed by atoms with Crippen LogP contribution in [0.3, 0.4) is 0 Å². The number of ether oxygens (including phenoxy) is 1. The van der Waals surface area contributed by atoms with Crippen LogP contribution in [0.1, 0.15) is 46.7 Å². The number of hydrogen-bond acceptors (Lipinski definition) is 4.